The zero-order valence-electron chi connectivity index (χ0n) is 97.0. The lowest BCUT2D eigenvalue weighted by atomic mass is 9.88. The first-order valence-corrected chi connectivity index (χ1v) is 57.6. The van der Waals surface area contributed by atoms with Gasteiger partial charge in [-0.05, 0) is 512 Å². The zero-order chi connectivity index (χ0) is 103. The molecule has 11 aliphatic carbocycles. The van der Waals surface area contributed by atoms with Gasteiger partial charge in [-0.1, -0.05) is 245 Å². The largest absolute Gasteiger partial charge is 0.488 e. The number of para-hydroxylation sites is 7. The molecule has 0 aromatic heterocycles. The molecule has 0 radical (unpaired) electrons. The van der Waals surface area contributed by atoms with Crippen LogP contribution < -0.4 is 33.2 Å². The Kier molecular flexibility index (Phi) is 37.4. The highest BCUT2D eigenvalue weighted by molar-refractivity contribution is 5.53. The Hall–Kier alpha value is -6.86. The van der Waals surface area contributed by atoms with Crippen molar-refractivity contribution >= 4 is 0 Å². The fraction of sp³-hybridized carbons (Fsp3) is 0.687. The molecule has 18 rings (SSSR count). The molecular weight excluding hydrogens is 1720 g/mol. The van der Waals surface area contributed by atoms with Crippen LogP contribution in [0.25, 0.3) is 0 Å². The van der Waals surface area contributed by atoms with E-state index in [0.29, 0.717) is 82.9 Å². The summed E-state index contributed by atoms with van der Waals surface area (Å²) in [6.45, 7) is 84.8. The maximum atomic E-state index is 6.46. The van der Waals surface area contributed by atoms with Crippen molar-refractivity contribution in [2.45, 2.75) is 526 Å². The number of rotatable bonds is 32. The topological polar surface area (TPSA) is 64.6 Å². The van der Waals surface area contributed by atoms with Crippen molar-refractivity contribution in [3.63, 3.8) is 0 Å². The van der Waals surface area contributed by atoms with Crippen molar-refractivity contribution in [2.24, 2.45) is 65.1 Å². The molecule has 11 atom stereocenters. The maximum absolute atomic E-state index is 6.46. The molecule has 7 aromatic carbocycles. The molecule has 0 aliphatic heterocycles. The van der Waals surface area contributed by atoms with Crippen LogP contribution in [0.4, 0.5) is 0 Å². The van der Waals surface area contributed by atoms with E-state index in [4.69, 9.17) is 33.2 Å². The molecule has 7 heteroatoms. The maximum Gasteiger partial charge on any atom is 0.127 e. The summed E-state index contributed by atoms with van der Waals surface area (Å²) in [5, 5.41) is 0. The summed E-state index contributed by atoms with van der Waals surface area (Å²) in [6, 6.07) is 47.4. The Morgan fingerprint density at radius 2 is 0.220 bits per heavy atom. The van der Waals surface area contributed by atoms with Gasteiger partial charge in [-0.3, -0.25) is 0 Å². The second-order valence-corrected chi connectivity index (χ2v) is 54.7. The number of hydrogen-bond acceptors (Lipinski definition) is 7. The quantitative estimate of drug-likeness (QED) is 0.0416. The van der Waals surface area contributed by atoms with Crippen LogP contribution in [0.15, 0.2) is 127 Å². The average Bonchev–Trinajstić information content (AvgIpc) is 1.65. The first-order valence-electron chi connectivity index (χ1n) is 57.6. The summed E-state index contributed by atoms with van der Waals surface area (Å²) in [5.41, 5.74) is 18.9. The highest BCUT2D eigenvalue weighted by Gasteiger charge is 2.44. The van der Waals surface area contributed by atoms with E-state index in [9.17, 15) is 0 Å². The third kappa shape index (κ3) is 34.1. The molecule has 782 valence electrons. The van der Waals surface area contributed by atoms with Crippen LogP contribution in [-0.4, -0.2) is 39.2 Å². The third-order valence-corrected chi connectivity index (χ3v) is 32.3. The lowest BCUT2D eigenvalue weighted by molar-refractivity contribution is 0.126. The summed E-state index contributed by atoms with van der Waals surface area (Å²) in [4.78, 5) is 0. The molecule has 0 N–H and O–H groups in total. The molecule has 0 saturated heterocycles. The number of hydrogen-bond donors (Lipinski definition) is 0. The van der Waals surface area contributed by atoms with E-state index >= 15 is 0 Å². The molecule has 0 bridgehead atoms. The fourth-order valence-electron chi connectivity index (χ4n) is 21.6. The lowest BCUT2D eigenvalue weighted by Crippen LogP contribution is -2.25. The smallest absolute Gasteiger partial charge is 0.127 e. The van der Waals surface area contributed by atoms with E-state index in [-0.39, 0.29) is 39.2 Å². The molecular formula is C134H204O7. The molecule has 11 saturated carbocycles. The molecule has 0 spiro atoms. The van der Waals surface area contributed by atoms with Gasteiger partial charge in [-0.25, -0.2) is 0 Å². The molecule has 11 aliphatic rings. The van der Waals surface area contributed by atoms with E-state index in [1.165, 1.54) is 242 Å². The Morgan fingerprint density at radius 3 is 0.291 bits per heavy atom. The van der Waals surface area contributed by atoms with Crippen LogP contribution in [-0.2, 0) is 0 Å². The molecule has 0 amide bonds. The standard InChI is InChI=1S/4C20H30O.3C18H28O/c4*1-13(15-9-10-15)17-7-6-8-18(14(2)16-11-12-16)19(17)21-20(3,4)5;3*1-12(2)15-8-7-9-16(13(3)14-10-11-14)17(15)19-18(4,5)6/h4*6-8,13-16H,9-12H2,1-5H3;3*7-9,12-14H,10-11H2,1-6H3/t13-,14+;2*13-,14-;;2*13-;/m.10.10./s1. The van der Waals surface area contributed by atoms with Crippen LogP contribution >= 0.6 is 0 Å². The van der Waals surface area contributed by atoms with E-state index < -0.39 is 0 Å². The second-order valence-electron chi connectivity index (χ2n) is 54.7. The molecule has 0 heterocycles. The van der Waals surface area contributed by atoms with Gasteiger partial charge in [-0.15, -0.1) is 0 Å². The Morgan fingerprint density at radius 1 is 0.142 bits per heavy atom. The first-order chi connectivity index (χ1) is 65.8. The number of ether oxygens (including phenoxy) is 7. The van der Waals surface area contributed by atoms with Crippen molar-refractivity contribution in [3.05, 3.63) is 205 Å². The van der Waals surface area contributed by atoms with Gasteiger partial charge in [0.05, 0.1) is 0 Å². The van der Waals surface area contributed by atoms with Crippen LogP contribution in [0.2, 0.25) is 0 Å². The first kappa shape index (κ1) is 113. The molecule has 7 aromatic rings. The van der Waals surface area contributed by atoms with E-state index in [0.717, 1.165) is 82.3 Å². The van der Waals surface area contributed by atoms with Crippen molar-refractivity contribution in [2.75, 3.05) is 0 Å². The van der Waals surface area contributed by atoms with Gasteiger partial charge in [0, 0.05) is 0 Å². The van der Waals surface area contributed by atoms with Gasteiger partial charge in [0.15, 0.2) is 0 Å². The van der Waals surface area contributed by atoms with E-state index in [1.54, 1.807) is 0 Å². The van der Waals surface area contributed by atoms with Crippen LogP contribution in [0.3, 0.4) is 0 Å². The zero-order valence-corrected chi connectivity index (χ0v) is 97.0. The fourth-order valence-corrected chi connectivity index (χ4v) is 21.6. The van der Waals surface area contributed by atoms with Gasteiger partial charge in [0.2, 0.25) is 0 Å². The lowest BCUT2D eigenvalue weighted by Gasteiger charge is -2.29. The Labute approximate surface area is 864 Å². The molecule has 11 fully saturated rings. The van der Waals surface area contributed by atoms with E-state index in [2.05, 4.69) is 390 Å². The van der Waals surface area contributed by atoms with Gasteiger partial charge >= 0.3 is 0 Å². The van der Waals surface area contributed by atoms with Crippen molar-refractivity contribution in [1.29, 1.82) is 0 Å². The minimum absolute atomic E-state index is 0.128. The van der Waals surface area contributed by atoms with Crippen molar-refractivity contribution in [1.82, 2.24) is 0 Å². The summed E-state index contributed by atoms with van der Waals surface area (Å²) in [6.07, 6.45) is 30.5. The summed E-state index contributed by atoms with van der Waals surface area (Å²) in [7, 11) is 0. The van der Waals surface area contributed by atoms with Crippen LogP contribution in [0.1, 0.15) is 565 Å². The van der Waals surface area contributed by atoms with Crippen LogP contribution in [0.5, 0.6) is 40.2 Å². The van der Waals surface area contributed by atoms with Gasteiger partial charge in [0.25, 0.3) is 0 Å². The number of benzene rings is 7. The van der Waals surface area contributed by atoms with Crippen molar-refractivity contribution < 1.29 is 33.2 Å². The molecule has 3 unspecified atom stereocenters. The Bertz CT molecular complexity index is 4380. The molecule has 7 nitrogen and oxygen atoms in total. The predicted molar refractivity (Wildman–Crippen MR) is 603 cm³/mol. The average molecular weight is 1930 g/mol. The monoisotopic (exact) mass is 1930 g/mol. The van der Waals surface area contributed by atoms with Gasteiger partial charge in [-0.2, -0.15) is 0 Å². The minimum Gasteiger partial charge on any atom is -0.488 e. The SMILES string of the molecule is CC(C)c1cccc(C(C)C2CC2)c1OC(C)(C)C.CC(C)c1cccc([C@@H](C)C2CC2)c1OC(C)(C)C.CC(C)c1cccc([C@H](C)C2CC2)c1OC(C)(C)C.CC(c1cccc(C(C)C2CC2)c1OC(C)(C)C)C1CC1.C[C@@H](c1cccc([C@H](C)C2CC2)c1OC(C)(C)C)C1CC1.C[C@H](c1cccc([C@@H](C)C2CC2)c1OC(C)(C)C)C1CC1.C[C@H](c1cccc([C@H](C)C2CC2)c1OC(C)(C)C)C1CC1. The summed E-state index contributed by atoms with van der Waals surface area (Å²) < 4.78 is 44.8. The van der Waals surface area contributed by atoms with Crippen LogP contribution in [0, 0.1) is 65.1 Å². The van der Waals surface area contributed by atoms with Gasteiger partial charge < -0.3 is 33.2 Å². The predicted octanol–water partition coefficient (Wildman–Crippen LogP) is 40.1. The van der Waals surface area contributed by atoms with Gasteiger partial charge in [0.1, 0.15) is 79.5 Å². The summed E-state index contributed by atoms with van der Waals surface area (Å²) >= 11 is 0. The molecule has 141 heavy (non-hydrogen) atoms. The highest BCUT2D eigenvalue weighted by atomic mass is 16.5. The van der Waals surface area contributed by atoms with E-state index in [1.807, 2.05) is 0 Å². The summed E-state index contributed by atoms with van der Waals surface area (Å²) in [5.74, 6) is 26.2. The minimum atomic E-state index is -0.136. The second kappa shape index (κ2) is 46.7. The Balaban J connectivity index is 0.000000147. The highest BCUT2D eigenvalue weighted by Crippen LogP contribution is 2.58. The van der Waals surface area contributed by atoms with Crippen molar-refractivity contribution in [3.8, 4) is 40.2 Å². The normalized spacial score (nSPS) is 20.2. The third-order valence-electron chi connectivity index (χ3n) is 32.3.